The van der Waals surface area contributed by atoms with Gasteiger partial charge in [0, 0.05) is 10.0 Å². The van der Waals surface area contributed by atoms with Crippen LogP contribution in [0.3, 0.4) is 0 Å². The molecule has 0 aliphatic rings. The maximum absolute atomic E-state index is 12.4. The molecule has 0 aliphatic heterocycles. The zero-order valence-corrected chi connectivity index (χ0v) is 17.7. The molecule has 0 saturated carbocycles. The van der Waals surface area contributed by atoms with Crippen LogP contribution in [-0.2, 0) is 6.61 Å². The Morgan fingerprint density at radius 2 is 1.90 bits per heavy atom. The van der Waals surface area contributed by atoms with Crippen molar-refractivity contribution in [2.45, 2.75) is 6.61 Å². The van der Waals surface area contributed by atoms with Crippen LogP contribution in [0.2, 0.25) is 0 Å². The van der Waals surface area contributed by atoms with E-state index in [1.807, 2.05) is 36.4 Å². The van der Waals surface area contributed by atoms with Crippen LogP contribution in [0.25, 0.3) is 0 Å². The fourth-order valence-corrected chi connectivity index (χ4v) is 2.99. The van der Waals surface area contributed by atoms with E-state index in [1.54, 1.807) is 30.3 Å². The average molecular weight is 464 g/mol. The normalized spacial score (nSPS) is 10.4. The van der Waals surface area contributed by atoms with Crippen LogP contribution in [0.1, 0.15) is 27.0 Å². The number of benzene rings is 3. The van der Waals surface area contributed by atoms with Gasteiger partial charge in [-0.25, -0.2) is 5.43 Å². The Labute approximate surface area is 182 Å². The van der Waals surface area contributed by atoms with Gasteiger partial charge in [0.15, 0.2) is 0 Å². The Kier molecular flexibility index (Phi) is 7.19. The number of carbonyl (C=O) groups excluding carboxylic acids is 1. The van der Waals surface area contributed by atoms with Crippen molar-refractivity contribution in [3.63, 3.8) is 0 Å². The Morgan fingerprint density at radius 1 is 1.13 bits per heavy atom. The smallest absolute Gasteiger partial charge is 0.275 e. The third-order valence-corrected chi connectivity index (χ3v) is 4.67. The first-order valence-electron chi connectivity index (χ1n) is 8.98. The van der Waals surface area contributed by atoms with Crippen molar-refractivity contribution < 1.29 is 14.3 Å². The van der Waals surface area contributed by atoms with Crippen LogP contribution in [0.5, 0.6) is 11.5 Å². The molecule has 3 aromatic rings. The monoisotopic (exact) mass is 463 g/mol. The lowest BCUT2D eigenvalue weighted by atomic mass is 10.1. The lowest BCUT2D eigenvalue weighted by Gasteiger charge is -2.09. The highest BCUT2D eigenvalue weighted by molar-refractivity contribution is 9.10. The number of hydrogen-bond donors (Lipinski definition) is 1. The van der Waals surface area contributed by atoms with Crippen molar-refractivity contribution >= 4 is 28.1 Å². The zero-order valence-electron chi connectivity index (χ0n) is 16.1. The average Bonchev–Trinajstić information content (AvgIpc) is 2.78. The maximum Gasteiger partial charge on any atom is 0.275 e. The number of para-hydroxylation sites is 1. The lowest BCUT2D eigenvalue weighted by Crippen LogP contribution is -2.18. The molecule has 0 aromatic heterocycles. The number of halogens is 1. The molecule has 0 aliphatic carbocycles. The molecule has 0 fully saturated rings. The molecular weight excluding hydrogens is 446 g/mol. The van der Waals surface area contributed by atoms with Gasteiger partial charge in [-0.1, -0.05) is 40.2 Å². The van der Waals surface area contributed by atoms with Gasteiger partial charge in [0.25, 0.3) is 5.91 Å². The predicted molar refractivity (Wildman–Crippen MR) is 118 cm³/mol. The first kappa shape index (κ1) is 21.1. The van der Waals surface area contributed by atoms with Gasteiger partial charge in [-0.3, -0.25) is 4.79 Å². The number of hydrazone groups is 1. The van der Waals surface area contributed by atoms with Crippen LogP contribution in [0.15, 0.2) is 76.3 Å². The molecule has 3 aromatic carbocycles. The summed E-state index contributed by atoms with van der Waals surface area (Å²) in [7, 11) is 1.50. The van der Waals surface area contributed by atoms with Gasteiger partial charge in [-0.2, -0.15) is 10.4 Å². The lowest BCUT2D eigenvalue weighted by molar-refractivity contribution is 0.0952. The van der Waals surface area contributed by atoms with Gasteiger partial charge in [0.1, 0.15) is 18.1 Å². The molecule has 0 saturated heterocycles. The van der Waals surface area contributed by atoms with E-state index >= 15 is 0 Å². The fourth-order valence-electron chi connectivity index (χ4n) is 2.63. The van der Waals surface area contributed by atoms with Crippen molar-refractivity contribution in [1.29, 1.82) is 5.26 Å². The van der Waals surface area contributed by atoms with Gasteiger partial charge in [-0.05, 0) is 48.0 Å². The molecule has 0 unspecified atom stereocenters. The number of nitrogens with one attached hydrogen (secondary N) is 1. The Bertz CT molecular complexity index is 1110. The molecule has 0 heterocycles. The first-order chi connectivity index (χ1) is 14.6. The number of nitriles is 1. The number of ether oxygens (including phenoxy) is 2. The van der Waals surface area contributed by atoms with Crippen molar-refractivity contribution in [2.75, 3.05) is 7.11 Å². The first-order valence-corrected chi connectivity index (χ1v) is 9.78. The van der Waals surface area contributed by atoms with E-state index in [2.05, 4.69) is 32.5 Å². The summed E-state index contributed by atoms with van der Waals surface area (Å²) in [6.45, 7) is 0.345. The van der Waals surface area contributed by atoms with Crippen LogP contribution < -0.4 is 14.9 Å². The summed E-state index contributed by atoms with van der Waals surface area (Å²) >= 11 is 3.35. The summed E-state index contributed by atoms with van der Waals surface area (Å²) in [6, 6.07) is 21.8. The fraction of sp³-hybridized carbons (Fsp3) is 0.0870. The highest BCUT2D eigenvalue weighted by Gasteiger charge is 2.12. The van der Waals surface area contributed by atoms with Gasteiger partial charge in [-0.15, -0.1) is 0 Å². The summed E-state index contributed by atoms with van der Waals surface area (Å²) in [4.78, 5) is 12.4. The van der Waals surface area contributed by atoms with E-state index in [9.17, 15) is 4.79 Å². The molecule has 3 rings (SSSR count). The standard InChI is InChI=1S/C23H18BrN3O3/c1-29-22-11-10-19(24)12-20(22)23(28)27-26-14-18-4-2-3-5-21(18)30-15-17-8-6-16(13-25)7-9-17/h2-12,14H,15H2,1H3,(H,27,28)/b26-14-. The van der Waals surface area contributed by atoms with Crippen molar-refractivity contribution in [1.82, 2.24) is 5.43 Å². The minimum Gasteiger partial charge on any atom is -0.496 e. The number of methoxy groups -OCH3 is 1. The number of amides is 1. The summed E-state index contributed by atoms with van der Waals surface area (Å²) in [6.07, 6.45) is 1.52. The Balaban J connectivity index is 1.67. The number of rotatable bonds is 7. The van der Waals surface area contributed by atoms with Gasteiger partial charge < -0.3 is 9.47 Å². The Hall–Kier alpha value is -3.63. The van der Waals surface area contributed by atoms with Crippen molar-refractivity contribution in [2.24, 2.45) is 5.10 Å². The highest BCUT2D eigenvalue weighted by Crippen LogP contribution is 2.23. The van der Waals surface area contributed by atoms with Crippen LogP contribution >= 0.6 is 15.9 Å². The molecule has 0 bridgehead atoms. The molecule has 150 valence electrons. The van der Waals surface area contributed by atoms with Crippen molar-refractivity contribution in [3.8, 4) is 17.6 Å². The molecule has 6 nitrogen and oxygen atoms in total. The van der Waals surface area contributed by atoms with E-state index < -0.39 is 0 Å². The SMILES string of the molecule is COc1ccc(Br)cc1C(=O)N/N=C\c1ccccc1OCc1ccc(C#N)cc1. The topological polar surface area (TPSA) is 83.7 Å². The maximum atomic E-state index is 12.4. The minimum absolute atomic E-state index is 0.345. The number of carbonyl (C=O) groups is 1. The summed E-state index contributed by atoms with van der Waals surface area (Å²) in [5, 5.41) is 12.9. The van der Waals surface area contributed by atoms with Crippen molar-refractivity contribution in [3.05, 3.63) is 93.5 Å². The van der Waals surface area contributed by atoms with Crippen LogP contribution in [0, 0.1) is 11.3 Å². The van der Waals surface area contributed by atoms with E-state index in [0.29, 0.717) is 34.8 Å². The minimum atomic E-state index is -0.389. The molecule has 0 atom stereocenters. The van der Waals surface area contributed by atoms with Gasteiger partial charge in [0.05, 0.1) is 30.5 Å². The third kappa shape index (κ3) is 5.46. The van der Waals surface area contributed by atoms with Crippen LogP contribution in [0.4, 0.5) is 0 Å². The second kappa shape index (κ2) is 10.2. The van der Waals surface area contributed by atoms with Crippen LogP contribution in [-0.4, -0.2) is 19.2 Å². The number of nitrogens with zero attached hydrogens (tertiary/aromatic N) is 2. The quantitative estimate of drug-likeness (QED) is 0.407. The highest BCUT2D eigenvalue weighted by atomic mass is 79.9. The molecule has 7 heteroatoms. The largest absolute Gasteiger partial charge is 0.496 e. The van der Waals surface area contributed by atoms with E-state index in [4.69, 9.17) is 14.7 Å². The van der Waals surface area contributed by atoms with Gasteiger partial charge in [0.2, 0.25) is 0 Å². The van der Waals surface area contributed by atoms with E-state index in [1.165, 1.54) is 13.3 Å². The summed E-state index contributed by atoms with van der Waals surface area (Å²) < 4.78 is 11.9. The number of hydrogen-bond acceptors (Lipinski definition) is 5. The van der Waals surface area contributed by atoms with E-state index in [-0.39, 0.29) is 5.91 Å². The Morgan fingerprint density at radius 3 is 2.63 bits per heavy atom. The predicted octanol–water partition coefficient (Wildman–Crippen LogP) is 4.67. The summed E-state index contributed by atoms with van der Waals surface area (Å²) in [5.41, 5.74) is 5.13. The second-order valence-electron chi connectivity index (χ2n) is 6.18. The van der Waals surface area contributed by atoms with Gasteiger partial charge >= 0.3 is 0 Å². The molecule has 1 amide bonds. The second-order valence-corrected chi connectivity index (χ2v) is 7.09. The molecule has 30 heavy (non-hydrogen) atoms. The summed E-state index contributed by atoms with van der Waals surface area (Å²) in [5.74, 6) is 0.692. The molecule has 0 radical (unpaired) electrons. The molecule has 1 N–H and O–H groups in total. The molecular formula is C23H18BrN3O3. The molecule has 0 spiro atoms. The third-order valence-electron chi connectivity index (χ3n) is 4.17. The van der Waals surface area contributed by atoms with E-state index in [0.717, 1.165) is 10.0 Å². The zero-order chi connectivity index (χ0) is 21.3.